The second-order valence-corrected chi connectivity index (χ2v) is 8.07. The molecule has 3 aromatic carbocycles. The van der Waals surface area contributed by atoms with Gasteiger partial charge in [-0.05, 0) is 60.0 Å². The molecule has 0 saturated carbocycles. The largest absolute Gasteiger partial charge is 0.457 e. The third-order valence-electron chi connectivity index (χ3n) is 5.30. The highest BCUT2D eigenvalue weighted by Gasteiger charge is 2.13. The number of halogens is 1. The summed E-state index contributed by atoms with van der Waals surface area (Å²) in [7, 11) is 0. The monoisotopic (exact) mass is 448 g/mol. The number of benzene rings is 3. The van der Waals surface area contributed by atoms with Crippen LogP contribution >= 0.6 is 11.6 Å². The first-order valence-corrected chi connectivity index (χ1v) is 10.9. The number of hydrogen-bond acceptors (Lipinski definition) is 5. The Hall–Kier alpha value is -2.96. The lowest BCUT2D eigenvalue weighted by molar-refractivity contribution is 0.158. The summed E-state index contributed by atoms with van der Waals surface area (Å²) in [5.41, 5.74) is 2.69. The molecule has 1 heterocycles. The van der Waals surface area contributed by atoms with E-state index >= 15 is 0 Å². The van der Waals surface area contributed by atoms with Crippen LogP contribution in [0.2, 0.25) is 5.02 Å². The molecule has 0 aliphatic rings. The molecule has 1 unspecified atom stereocenters. The van der Waals surface area contributed by atoms with Crippen molar-refractivity contribution in [1.29, 1.82) is 0 Å². The standard InChI is InChI=1S/C26H25ClN2O3/c27-20-5-3-4-19(15-20)25(31)16-29-21(17-30)14-18-8-10-22(11-9-18)32-26-12-13-28-24-7-2-1-6-23(24)26/h1-13,15,21,25,29-31H,14,16-17H2/t21?,25-/m1/s1. The SMILES string of the molecule is OCC(Cc1ccc(Oc2ccnc3ccccc23)cc1)NC[C@@H](O)c1cccc(Cl)c1. The van der Waals surface area contributed by atoms with Crippen LogP contribution in [0.3, 0.4) is 0 Å². The Balaban J connectivity index is 1.35. The summed E-state index contributed by atoms with van der Waals surface area (Å²) in [4.78, 5) is 4.36. The fourth-order valence-electron chi connectivity index (χ4n) is 3.57. The van der Waals surface area contributed by atoms with E-state index in [0.29, 0.717) is 18.0 Å². The van der Waals surface area contributed by atoms with Crippen LogP contribution in [0.1, 0.15) is 17.2 Å². The molecule has 0 spiro atoms. The van der Waals surface area contributed by atoms with Gasteiger partial charge < -0.3 is 20.3 Å². The Morgan fingerprint density at radius 1 is 0.969 bits per heavy atom. The van der Waals surface area contributed by atoms with Crippen molar-refractivity contribution in [2.75, 3.05) is 13.2 Å². The van der Waals surface area contributed by atoms with E-state index < -0.39 is 6.10 Å². The lowest BCUT2D eigenvalue weighted by atomic mass is 10.1. The minimum atomic E-state index is -0.700. The number of fused-ring (bicyclic) bond motifs is 1. The van der Waals surface area contributed by atoms with Gasteiger partial charge in [-0.1, -0.05) is 48.0 Å². The van der Waals surface area contributed by atoms with Crippen molar-refractivity contribution in [3.05, 3.63) is 101 Å². The number of pyridine rings is 1. The van der Waals surface area contributed by atoms with Gasteiger partial charge in [0.15, 0.2) is 0 Å². The average Bonchev–Trinajstić information content (AvgIpc) is 2.83. The second-order valence-electron chi connectivity index (χ2n) is 7.63. The van der Waals surface area contributed by atoms with E-state index in [0.717, 1.165) is 33.5 Å². The number of ether oxygens (including phenoxy) is 1. The molecule has 1 aromatic heterocycles. The van der Waals surface area contributed by atoms with Crippen LogP contribution in [-0.4, -0.2) is 34.4 Å². The Morgan fingerprint density at radius 2 is 1.78 bits per heavy atom. The van der Waals surface area contributed by atoms with Crippen molar-refractivity contribution >= 4 is 22.5 Å². The van der Waals surface area contributed by atoms with Gasteiger partial charge in [0, 0.05) is 29.2 Å². The third kappa shape index (κ3) is 5.64. The molecule has 32 heavy (non-hydrogen) atoms. The first kappa shape index (κ1) is 22.2. The normalized spacial score (nSPS) is 13.1. The molecule has 4 aromatic rings. The average molecular weight is 449 g/mol. The fraction of sp³-hybridized carbons (Fsp3) is 0.192. The van der Waals surface area contributed by atoms with Gasteiger partial charge >= 0.3 is 0 Å². The highest BCUT2D eigenvalue weighted by molar-refractivity contribution is 6.30. The topological polar surface area (TPSA) is 74.6 Å². The van der Waals surface area contributed by atoms with Crippen molar-refractivity contribution < 1.29 is 14.9 Å². The Kier molecular flexibility index (Phi) is 7.35. The summed E-state index contributed by atoms with van der Waals surface area (Å²) in [6.45, 7) is 0.283. The van der Waals surface area contributed by atoms with Crippen LogP contribution in [0.4, 0.5) is 0 Å². The zero-order valence-corrected chi connectivity index (χ0v) is 18.2. The number of rotatable bonds is 9. The summed E-state index contributed by atoms with van der Waals surface area (Å²) in [5.74, 6) is 1.49. The van der Waals surface area contributed by atoms with Gasteiger partial charge in [-0.3, -0.25) is 4.98 Å². The predicted molar refractivity (Wildman–Crippen MR) is 127 cm³/mol. The van der Waals surface area contributed by atoms with E-state index in [1.165, 1.54) is 0 Å². The molecule has 164 valence electrons. The lowest BCUT2D eigenvalue weighted by Gasteiger charge is -2.19. The Bertz CT molecular complexity index is 1160. The number of nitrogens with zero attached hydrogens (tertiary/aromatic N) is 1. The van der Waals surface area contributed by atoms with Crippen LogP contribution in [0.15, 0.2) is 85.1 Å². The highest BCUT2D eigenvalue weighted by Crippen LogP contribution is 2.28. The number of para-hydroxylation sites is 1. The smallest absolute Gasteiger partial charge is 0.138 e. The van der Waals surface area contributed by atoms with Gasteiger partial charge in [-0.15, -0.1) is 0 Å². The predicted octanol–water partition coefficient (Wildman–Crippen LogP) is 4.91. The van der Waals surface area contributed by atoms with Gasteiger partial charge in [0.25, 0.3) is 0 Å². The molecule has 5 nitrogen and oxygen atoms in total. The molecule has 6 heteroatoms. The second kappa shape index (κ2) is 10.6. The fourth-order valence-corrected chi connectivity index (χ4v) is 3.77. The van der Waals surface area contributed by atoms with Crippen molar-refractivity contribution in [1.82, 2.24) is 10.3 Å². The van der Waals surface area contributed by atoms with E-state index in [2.05, 4.69) is 10.3 Å². The molecule has 4 rings (SSSR count). The number of hydrogen-bond donors (Lipinski definition) is 3. The summed E-state index contributed by atoms with van der Waals surface area (Å²) in [6, 6.07) is 24.5. The maximum Gasteiger partial charge on any atom is 0.138 e. The van der Waals surface area contributed by atoms with E-state index in [4.69, 9.17) is 16.3 Å². The van der Waals surface area contributed by atoms with E-state index in [1.807, 2.05) is 66.7 Å². The van der Waals surface area contributed by atoms with Crippen LogP contribution in [-0.2, 0) is 6.42 Å². The van der Waals surface area contributed by atoms with E-state index in [1.54, 1.807) is 18.3 Å². The van der Waals surface area contributed by atoms with Crippen molar-refractivity contribution in [2.24, 2.45) is 0 Å². The first-order chi connectivity index (χ1) is 15.6. The third-order valence-corrected chi connectivity index (χ3v) is 5.53. The summed E-state index contributed by atoms with van der Waals surface area (Å²) in [5, 5.41) is 24.9. The number of aromatic nitrogens is 1. The lowest BCUT2D eigenvalue weighted by Crippen LogP contribution is -2.37. The quantitative estimate of drug-likeness (QED) is 0.339. The van der Waals surface area contributed by atoms with Gasteiger partial charge in [0.05, 0.1) is 18.2 Å². The molecule has 0 fully saturated rings. The molecular weight excluding hydrogens is 424 g/mol. The van der Waals surface area contributed by atoms with Crippen LogP contribution in [0, 0.1) is 0 Å². The van der Waals surface area contributed by atoms with Gasteiger partial charge in [-0.25, -0.2) is 0 Å². The van der Waals surface area contributed by atoms with E-state index in [9.17, 15) is 10.2 Å². The van der Waals surface area contributed by atoms with E-state index in [-0.39, 0.29) is 12.6 Å². The van der Waals surface area contributed by atoms with Crippen LogP contribution in [0.25, 0.3) is 10.9 Å². The van der Waals surface area contributed by atoms with Gasteiger partial charge in [0.1, 0.15) is 11.5 Å². The number of aliphatic hydroxyl groups excluding tert-OH is 2. The molecule has 3 N–H and O–H groups in total. The minimum absolute atomic E-state index is 0.0382. The zero-order valence-electron chi connectivity index (χ0n) is 17.5. The molecule has 2 atom stereocenters. The molecule has 0 aliphatic carbocycles. The Labute approximate surface area is 192 Å². The molecule has 0 amide bonds. The zero-order chi connectivity index (χ0) is 22.3. The molecular formula is C26H25ClN2O3. The minimum Gasteiger partial charge on any atom is -0.457 e. The maximum atomic E-state index is 10.4. The summed E-state index contributed by atoms with van der Waals surface area (Å²) in [6.07, 6.45) is 1.66. The summed E-state index contributed by atoms with van der Waals surface area (Å²) < 4.78 is 6.07. The van der Waals surface area contributed by atoms with Gasteiger partial charge in [0.2, 0.25) is 0 Å². The molecule has 0 bridgehead atoms. The van der Waals surface area contributed by atoms with Crippen LogP contribution in [0.5, 0.6) is 11.5 Å². The first-order valence-electron chi connectivity index (χ1n) is 10.5. The molecule has 0 aliphatic heterocycles. The number of aliphatic hydroxyl groups is 2. The Morgan fingerprint density at radius 3 is 2.56 bits per heavy atom. The highest BCUT2D eigenvalue weighted by atomic mass is 35.5. The van der Waals surface area contributed by atoms with Crippen molar-refractivity contribution in [2.45, 2.75) is 18.6 Å². The summed E-state index contributed by atoms with van der Waals surface area (Å²) >= 11 is 5.99. The maximum absolute atomic E-state index is 10.4. The molecule has 0 saturated heterocycles. The van der Waals surface area contributed by atoms with Crippen molar-refractivity contribution in [3.8, 4) is 11.5 Å². The molecule has 0 radical (unpaired) electrons. The van der Waals surface area contributed by atoms with Crippen molar-refractivity contribution in [3.63, 3.8) is 0 Å². The number of nitrogens with one attached hydrogen (secondary N) is 1. The van der Waals surface area contributed by atoms with Gasteiger partial charge in [-0.2, -0.15) is 0 Å². The van der Waals surface area contributed by atoms with Crippen LogP contribution < -0.4 is 10.1 Å².